The molecule has 0 unspecified atom stereocenters. The highest BCUT2D eigenvalue weighted by molar-refractivity contribution is 7.15. The minimum atomic E-state index is 0.159. The zero-order valence-corrected chi connectivity index (χ0v) is 14.1. The topological polar surface area (TPSA) is 68.0 Å². The van der Waals surface area contributed by atoms with Gasteiger partial charge < -0.3 is 9.84 Å². The van der Waals surface area contributed by atoms with E-state index in [9.17, 15) is 4.79 Å². The summed E-state index contributed by atoms with van der Waals surface area (Å²) in [5.74, 6) is 1.50. The first kappa shape index (κ1) is 15.1. The van der Waals surface area contributed by atoms with Crippen LogP contribution >= 0.6 is 11.3 Å². The number of aromatic nitrogens is 2. The largest absolute Gasteiger partial charge is 0.351 e. The van der Waals surface area contributed by atoms with Gasteiger partial charge in [0.05, 0.1) is 11.4 Å². The van der Waals surface area contributed by atoms with Crippen LogP contribution in [-0.2, 0) is 11.3 Å². The SMILES string of the molecule is Cc1ccccc1-c1nc(-c2ccc(CNC(=O)C3CC3)s2)no1. The first-order chi connectivity index (χ1) is 11.7. The molecular formula is C18H17N3O2S. The zero-order chi connectivity index (χ0) is 16.5. The number of hydrogen-bond donors (Lipinski definition) is 1. The fourth-order valence-corrected chi connectivity index (χ4v) is 3.38. The molecule has 1 amide bonds. The molecule has 1 aliphatic rings. The maximum Gasteiger partial charge on any atom is 0.258 e. The van der Waals surface area contributed by atoms with Crippen LogP contribution in [0.3, 0.4) is 0 Å². The Bertz CT molecular complexity index is 880. The molecule has 1 fully saturated rings. The molecule has 0 aliphatic heterocycles. The lowest BCUT2D eigenvalue weighted by molar-refractivity contribution is -0.122. The van der Waals surface area contributed by atoms with Gasteiger partial charge in [-0.15, -0.1) is 11.3 Å². The van der Waals surface area contributed by atoms with Crippen LogP contribution in [0, 0.1) is 12.8 Å². The molecule has 122 valence electrons. The number of carbonyl (C=O) groups is 1. The molecule has 1 aliphatic carbocycles. The van der Waals surface area contributed by atoms with E-state index in [1.54, 1.807) is 11.3 Å². The second-order valence-electron chi connectivity index (χ2n) is 6.00. The number of benzene rings is 1. The summed E-state index contributed by atoms with van der Waals surface area (Å²) in [4.78, 5) is 18.2. The van der Waals surface area contributed by atoms with Crippen molar-refractivity contribution in [3.05, 3.63) is 46.8 Å². The van der Waals surface area contributed by atoms with Crippen LogP contribution in [0.1, 0.15) is 23.3 Å². The molecule has 0 saturated heterocycles. The number of amides is 1. The molecule has 2 aromatic heterocycles. The number of nitrogens with zero attached hydrogens (tertiary/aromatic N) is 2. The van der Waals surface area contributed by atoms with E-state index < -0.39 is 0 Å². The Morgan fingerprint density at radius 1 is 1.29 bits per heavy atom. The average molecular weight is 339 g/mol. The van der Waals surface area contributed by atoms with Gasteiger partial charge in [-0.25, -0.2) is 0 Å². The zero-order valence-electron chi connectivity index (χ0n) is 13.3. The van der Waals surface area contributed by atoms with Gasteiger partial charge in [0.15, 0.2) is 0 Å². The number of rotatable bonds is 5. The van der Waals surface area contributed by atoms with Crippen LogP contribution in [-0.4, -0.2) is 16.0 Å². The summed E-state index contributed by atoms with van der Waals surface area (Å²) in [6.07, 6.45) is 2.04. The summed E-state index contributed by atoms with van der Waals surface area (Å²) in [6.45, 7) is 2.58. The van der Waals surface area contributed by atoms with E-state index in [0.717, 1.165) is 33.7 Å². The Balaban J connectivity index is 1.48. The predicted octanol–water partition coefficient (Wildman–Crippen LogP) is 3.80. The normalized spacial score (nSPS) is 13.9. The van der Waals surface area contributed by atoms with Crippen LogP contribution < -0.4 is 5.32 Å². The summed E-state index contributed by atoms with van der Waals surface area (Å²) in [7, 11) is 0. The van der Waals surface area contributed by atoms with E-state index in [1.165, 1.54) is 0 Å². The van der Waals surface area contributed by atoms with E-state index in [1.807, 2.05) is 43.3 Å². The van der Waals surface area contributed by atoms with Gasteiger partial charge in [-0.3, -0.25) is 4.79 Å². The number of aryl methyl sites for hydroxylation is 1. The Hall–Kier alpha value is -2.47. The van der Waals surface area contributed by atoms with E-state index in [-0.39, 0.29) is 11.8 Å². The minimum Gasteiger partial charge on any atom is -0.351 e. The highest BCUT2D eigenvalue weighted by Crippen LogP contribution is 2.30. The number of carbonyl (C=O) groups excluding carboxylic acids is 1. The molecular weight excluding hydrogens is 322 g/mol. The molecule has 1 saturated carbocycles. The molecule has 3 aromatic rings. The van der Waals surface area contributed by atoms with Gasteiger partial charge in [0, 0.05) is 16.4 Å². The van der Waals surface area contributed by atoms with Gasteiger partial charge in [-0.05, 0) is 43.5 Å². The summed E-state index contributed by atoms with van der Waals surface area (Å²) in [5, 5.41) is 7.06. The van der Waals surface area contributed by atoms with Gasteiger partial charge in [-0.2, -0.15) is 4.98 Å². The smallest absolute Gasteiger partial charge is 0.258 e. The van der Waals surface area contributed by atoms with Crippen molar-refractivity contribution < 1.29 is 9.32 Å². The quantitative estimate of drug-likeness (QED) is 0.768. The van der Waals surface area contributed by atoms with Gasteiger partial charge in [0.1, 0.15) is 0 Å². The molecule has 0 atom stereocenters. The molecule has 1 aromatic carbocycles. The minimum absolute atomic E-state index is 0.159. The van der Waals surface area contributed by atoms with Crippen molar-refractivity contribution in [2.75, 3.05) is 0 Å². The Morgan fingerprint density at radius 2 is 2.12 bits per heavy atom. The first-order valence-electron chi connectivity index (χ1n) is 7.97. The number of hydrogen-bond acceptors (Lipinski definition) is 5. The Labute approximate surface area is 143 Å². The van der Waals surface area contributed by atoms with Crippen molar-refractivity contribution in [1.82, 2.24) is 15.5 Å². The molecule has 2 heterocycles. The van der Waals surface area contributed by atoms with Crippen molar-refractivity contribution in [2.24, 2.45) is 5.92 Å². The molecule has 6 heteroatoms. The van der Waals surface area contributed by atoms with Crippen LogP contribution in [0.5, 0.6) is 0 Å². The summed E-state index contributed by atoms with van der Waals surface area (Å²) < 4.78 is 5.41. The summed E-state index contributed by atoms with van der Waals surface area (Å²) in [5.41, 5.74) is 2.05. The van der Waals surface area contributed by atoms with Crippen molar-refractivity contribution in [2.45, 2.75) is 26.3 Å². The molecule has 1 N–H and O–H groups in total. The second kappa shape index (κ2) is 6.20. The maximum atomic E-state index is 11.7. The third kappa shape index (κ3) is 3.10. The van der Waals surface area contributed by atoms with E-state index >= 15 is 0 Å². The van der Waals surface area contributed by atoms with Gasteiger partial charge in [0.25, 0.3) is 5.89 Å². The highest BCUT2D eigenvalue weighted by Gasteiger charge is 2.29. The van der Waals surface area contributed by atoms with Crippen LogP contribution in [0.25, 0.3) is 22.2 Å². The fourth-order valence-electron chi connectivity index (χ4n) is 2.50. The monoisotopic (exact) mass is 339 g/mol. The van der Waals surface area contributed by atoms with Crippen molar-refractivity contribution >= 4 is 17.2 Å². The second-order valence-corrected chi connectivity index (χ2v) is 7.16. The van der Waals surface area contributed by atoms with Gasteiger partial charge in [0.2, 0.25) is 11.7 Å². The number of nitrogens with one attached hydrogen (secondary N) is 1. The van der Waals surface area contributed by atoms with Crippen molar-refractivity contribution in [3.63, 3.8) is 0 Å². The fraction of sp³-hybridized carbons (Fsp3) is 0.278. The van der Waals surface area contributed by atoms with E-state index in [0.29, 0.717) is 18.3 Å². The maximum absolute atomic E-state index is 11.7. The summed E-state index contributed by atoms with van der Waals surface area (Å²) in [6, 6.07) is 11.9. The lowest BCUT2D eigenvalue weighted by atomic mass is 10.1. The van der Waals surface area contributed by atoms with Crippen molar-refractivity contribution in [3.8, 4) is 22.2 Å². The lowest BCUT2D eigenvalue weighted by Gasteiger charge is -2.00. The van der Waals surface area contributed by atoms with Gasteiger partial charge >= 0.3 is 0 Å². The predicted molar refractivity (Wildman–Crippen MR) is 92.4 cm³/mol. The highest BCUT2D eigenvalue weighted by atomic mass is 32.1. The third-order valence-electron chi connectivity index (χ3n) is 4.07. The first-order valence-corrected chi connectivity index (χ1v) is 8.79. The molecule has 0 radical (unpaired) electrons. The molecule has 0 spiro atoms. The van der Waals surface area contributed by atoms with Crippen LogP contribution in [0.2, 0.25) is 0 Å². The molecule has 4 rings (SSSR count). The van der Waals surface area contributed by atoms with Crippen molar-refractivity contribution in [1.29, 1.82) is 0 Å². The number of thiophene rings is 1. The molecule has 0 bridgehead atoms. The molecule has 24 heavy (non-hydrogen) atoms. The third-order valence-corrected chi connectivity index (χ3v) is 5.15. The Kier molecular flexibility index (Phi) is 3.90. The lowest BCUT2D eigenvalue weighted by Crippen LogP contribution is -2.23. The van der Waals surface area contributed by atoms with E-state index in [2.05, 4.69) is 15.5 Å². The standard InChI is InChI=1S/C18H17N3O2S/c1-11-4-2-3-5-14(11)18-20-16(21-23-18)15-9-8-13(24-15)10-19-17(22)12-6-7-12/h2-5,8-9,12H,6-7,10H2,1H3,(H,19,22). The molecule has 5 nitrogen and oxygen atoms in total. The van der Waals surface area contributed by atoms with Crippen LogP contribution in [0.4, 0.5) is 0 Å². The average Bonchev–Trinajstić information content (AvgIpc) is 3.14. The van der Waals surface area contributed by atoms with Crippen LogP contribution in [0.15, 0.2) is 40.9 Å². The summed E-state index contributed by atoms with van der Waals surface area (Å²) >= 11 is 1.57. The van der Waals surface area contributed by atoms with E-state index in [4.69, 9.17) is 4.52 Å². The Morgan fingerprint density at radius 3 is 2.92 bits per heavy atom. The van der Waals surface area contributed by atoms with Gasteiger partial charge in [-0.1, -0.05) is 23.4 Å².